The molecule has 3 rings (SSSR count). The first kappa shape index (κ1) is 18.0. The number of carbonyl (C=O) groups is 1. The maximum absolute atomic E-state index is 12.5. The molecule has 0 spiro atoms. The lowest BCUT2D eigenvalue weighted by molar-refractivity contribution is -0.0179. The molecule has 138 valence electrons. The van der Waals surface area contributed by atoms with Crippen molar-refractivity contribution in [3.8, 4) is 0 Å². The van der Waals surface area contributed by atoms with Gasteiger partial charge in [-0.25, -0.2) is 5.10 Å². The maximum Gasteiger partial charge on any atom is 0.274 e. The van der Waals surface area contributed by atoms with Gasteiger partial charge in [-0.1, -0.05) is 0 Å². The van der Waals surface area contributed by atoms with E-state index in [1.54, 1.807) is 4.90 Å². The smallest absolute Gasteiger partial charge is 0.274 e. The van der Waals surface area contributed by atoms with Gasteiger partial charge in [0, 0.05) is 51.9 Å². The van der Waals surface area contributed by atoms with Crippen molar-refractivity contribution >= 4 is 5.91 Å². The van der Waals surface area contributed by atoms with Gasteiger partial charge in [-0.2, -0.15) is 5.10 Å². The maximum atomic E-state index is 12.5. The second kappa shape index (κ2) is 7.63. The zero-order chi connectivity index (χ0) is 17.9. The topological polar surface area (TPSA) is 92.8 Å². The number of carbonyl (C=O) groups excluding carboxylic acids is 1. The number of aliphatic hydroxyl groups is 1. The summed E-state index contributed by atoms with van der Waals surface area (Å²) in [4.78, 5) is 30.0. The van der Waals surface area contributed by atoms with Gasteiger partial charge in [0.15, 0.2) is 0 Å². The predicted molar refractivity (Wildman–Crippen MR) is 93.5 cm³/mol. The number of β-amino-alcohol motifs (C(OH)–C–C–N with tert-alkyl or cyclic N) is 1. The Kier molecular flexibility index (Phi) is 5.51. The van der Waals surface area contributed by atoms with Crippen molar-refractivity contribution < 1.29 is 9.90 Å². The monoisotopic (exact) mass is 349 g/mol. The van der Waals surface area contributed by atoms with Crippen molar-refractivity contribution in [3.63, 3.8) is 0 Å². The van der Waals surface area contributed by atoms with E-state index in [2.05, 4.69) is 27.0 Å². The summed E-state index contributed by atoms with van der Waals surface area (Å²) < 4.78 is 0. The highest BCUT2D eigenvalue weighted by molar-refractivity contribution is 5.92. The number of nitrogens with one attached hydrogen (secondary N) is 1. The first-order chi connectivity index (χ1) is 12.0. The van der Waals surface area contributed by atoms with Crippen LogP contribution in [-0.2, 0) is 0 Å². The van der Waals surface area contributed by atoms with Crippen molar-refractivity contribution in [2.75, 3.05) is 52.9 Å². The molecule has 1 aromatic rings. The van der Waals surface area contributed by atoms with Crippen molar-refractivity contribution in [2.45, 2.75) is 24.9 Å². The van der Waals surface area contributed by atoms with Crippen LogP contribution >= 0.6 is 0 Å². The SMILES string of the molecule is CN1CCN(CC2(O)CCCN(C(=O)c3ccc(=O)[nH]n3)CC2)CC1. The largest absolute Gasteiger partial charge is 0.388 e. The van der Waals surface area contributed by atoms with E-state index in [-0.39, 0.29) is 17.2 Å². The molecule has 0 radical (unpaired) electrons. The normalized spacial score (nSPS) is 26.4. The summed E-state index contributed by atoms with van der Waals surface area (Å²) in [6, 6.07) is 2.75. The van der Waals surface area contributed by atoms with Gasteiger partial charge < -0.3 is 14.9 Å². The van der Waals surface area contributed by atoms with E-state index in [9.17, 15) is 14.7 Å². The number of likely N-dealkylation sites (N-methyl/N-ethyl adjacent to an activating group) is 1. The summed E-state index contributed by atoms with van der Waals surface area (Å²) >= 11 is 0. The number of hydrogen-bond acceptors (Lipinski definition) is 6. The van der Waals surface area contributed by atoms with Crippen molar-refractivity contribution in [3.05, 3.63) is 28.2 Å². The molecule has 1 atom stereocenters. The molecule has 2 N–H and O–H groups in total. The Labute approximate surface area is 147 Å². The average molecular weight is 349 g/mol. The molecule has 0 bridgehead atoms. The minimum absolute atomic E-state index is 0.194. The van der Waals surface area contributed by atoms with Gasteiger partial charge in [-0.15, -0.1) is 0 Å². The lowest BCUT2D eigenvalue weighted by Gasteiger charge is -2.38. The van der Waals surface area contributed by atoms with Crippen LogP contribution in [-0.4, -0.2) is 94.4 Å². The predicted octanol–water partition coefficient (Wildman–Crippen LogP) is -0.625. The van der Waals surface area contributed by atoms with Crippen LogP contribution in [0.1, 0.15) is 29.8 Å². The number of likely N-dealkylation sites (tertiary alicyclic amines) is 1. The Balaban J connectivity index is 1.58. The Morgan fingerprint density at radius 2 is 1.96 bits per heavy atom. The van der Waals surface area contributed by atoms with Crippen molar-refractivity contribution in [1.82, 2.24) is 24.9 Å². The number of rotatable bonds is 3. The third-order valence-corrected chi connectivity index (χ3v) is 5.22. The van der Waals surface area contributed by atoms with E-state index < -0.39 is 5.60 Å². The molecule has 1 aromatic heterocycles. The zero-order valence-electron chi connectivity index (χ0n) is 14.8. The molecule has 25 heavy (non-hydrogen) atoms. The molecule has 8 nitrogen and oxygen atoms in total. The van der Waals surface area contributed by atoms with Gasteiger partial charge in [0.05, 0.1) is 5.60 Å². The van der Waals surface area contributed by atoms with Gasteiger partial charge in [-0.3, -0.25) is 14.5 Å². The van der Waals surface area contributed by atoms with E-state index in [4.69, 9.17) is 0 Å². The molecular weight excluding hydrogens is 322 g/mol. The van der Waals surface area contributed by atoms with E-state index in [0.717, 1.165) is 32.6 Å². The summed E-state index contributed by atoms with van der Waals surface area (Å²) in [5.41, 5.74) is -0.832. The highest BCUT2D eigenvalue weighted by atomic mass is 16.3. The van der Waals surface area contributed by atoms with Crippen LogP contribution in [0.25, 0.3) is 0 Å². The standard InChI is InChI=1S/C17H27N5O3/c1-20-9-11-21(12-10-20)13-17(25)5-2-7-22(8-6-17)16(24)14-3-4-15(23)19-18-14/h3-4,25H,2,5-13H2,1H3,(H,19,23). The van der Waals surface area contributed by atoms with E-state index in [0.29, 0.717) is 32.5 Å². The third kappa shape index (κ3) is 4.65. The summed E-state index contributed by atoms with van der Waals surface area (Å²) in [5.74, 6) is -0.194. The summed E-state index contributed by atoms with van der Waals surface area (Å²) in [6.07, 6.45) is 2.02. The van der Waals surface area contributed by atoms with Crippen LogP contribution in [0.5, 0.6) is 0 Å². The fourth-order valence-electron chi connectivity index (χ4n) is 3.59. The zero-order valence-corrected chi connectivity index (χ0v) is 14.8. The first-order valence-corrected chi connectivity index (χ1v) is 8.93. The molecular formula is C17H27N5O3. The van der Waals surface area contributed by atoms with Gasteiger partial charge in [0.2, 0.25) is 0 Å². The second-order valence-corrected chi connectivity index (χ2v) is 7.26. The molecule has 8 heteroatoms. The highest BCUT2D eigenvalue weighted by Gasteiger charge is 2.34. The number of amides is 1. The Bertz CT molecular complexity index is 635. The number of H-pyrrole nitrogens is 1. The Morgan fingerprint density at radius 1 is 1.20 bits per heavy atom. The third-order valence-electron chi connectivity index (χ3n) is 5.22. The van der Waals surface area contributed by atoms with Crippen molar-refractivity contribution in [2.24, 2.45) is 0 Å². The number of aromatic amines is 1. The highest BCUT2D eigenvalue weighted by Crippen LogP contribution is 2.24. The summed E-state index contributed by atoms with van der Waals surface area (Å²) in [5, 5.41) is 17.1. The summed E-state index contributed by atoms with van der Waals surface area (Å²) in [7, 11) is 2.12. The van der Waals surface area contributed by atoms with E-state index in [1.807, 2.05) is 0 Å². The van der Waals surface area contributed by atoms with Crippen LogP contribution in [0.4, 0.5) is 0 Å². The number of nitrogens with zero attached hydrogens (tertiary/aromatic N) is 4. The molecule has 0 aromatic carbocycles. The van der Waals surface area contributed by atoms with Crippen LogP contribution in [0.3, 0.4) is 0 Å². The number of hydrogen-bond donors (Lipinski definition) is 2. The lowest BCUT2D eigenvalue weighted by Crippen LogP contribution is -2.51. The molecule has 2 aliphatic rings. The van der Waals surface area contributed by atoms with E-state index in [1.165, 1.54) is 12.1 Å². The molecule has 1 amide bonds. The summed E-state index contributed by atoms with van der Waals surface area (Å²) in [6.45, 7) is 5.77. The van der Waals surface area contributed by atoms with Crippen LogP contribution < -0.4 is 5.56 Å². The Morgan fingerprint density at radius 3 is 2.64 bits per heavy atom. The molecule has 3 heterocycles. The van der Waals surface area contributed by atoms with Crippen molar-refractivity contribution in [1.29, 1.82) is 0 Å². The second-order valence-electron chi connectivity index (χ2n) is 7.26. The molecule has 0 aliphatic carbocycles. The van der Waals surface area contributed by atoms with Crippen LogP contribution in [0.2, 0.25) is 0 Å². The number of aromatic nitrogens is 2. The Hall–Kier alpha value is -1.77. The number of piperazine rings is 1. The fraction of sp³-hybridized carbons (Fsp3) is 0.706. The van der Waals surface area contributed by atoms with Gasteiger partial charge >= 0.3 is 0 Å². The molecule has 1 unspecified atom stereocenters. The molecule has 0 saturated carbocycles. The molecule has 2 saturated heterocycles. The molecule has 2 fully saturated rings. The van der Waals surface area contributed by atoms with Gasteiger partial charge in [0.1, 0.15) is 5.69 Å². The van der Waals surface area contributed by atoms with E-state index >= 15 is 0 Å². The minimum Gasteiger partial charge on any atom is -0.388 e. The quantitative estimate of drug-likeness (QED) is 0.755. The van der Waals surface area contributed by atoms with Crippen LogP contribution in [0, 0.1) is 0 Å². The average Bonchev–Trinajstić information content (AvgIpc) is 2.79. The fourth-order valence-corrected chi connectivity index (χ4v) is 3.59. The first-order valence-electron chi connectivity index (χ1n) is 8.93. The molecule has 2 aliphatic heterocycles. The van der Waals surface area contributed by atoms with Gasteiger partial charge in [-0.05, 0) is 32.4 Å². The van der Waals surface area contributed by atoms with Crippen LogP contribution in [0.15, 0.2) is 16.9 Å². The lowest BCUT2D eigenvalue weighted by atomic mass is 9.94. The van der Waals surface area contributed by atoms with Gasteiger partial charge in [0.25, 0.3) is 11.5 Å². The minimum atomic E-state index is -0.747.